The van der Waals surface area contributed by atoms with Crippen LogP contribution in [0.25, 0.3) is 0 Å². The second kappa shape index (κ2) is 9.03. The van der Waals surface area contributed by atoms with E-state index in [2.05, 4.69) is 15.3 Å². The van der Waals surface area contributed by atoms with E-state index in [4.69, 9.17) is 16.3 Å². The molecule has 0 unspecified atom stereocenters. The molecule has 1 aliphatic rings. The highest BCUT2D eigenvalue weighted by atomic mass is 35.5. The van der Waals surface area contributed by atoms with E-state index in [0.717, 1.165) is 0 Å². The molecule has 2 N–H and O–H groups in total. The minimum Gasteiger partial charge on any atom is -0.368 e. The second-order valence-electron chi connectivity index (χ2n) is 6.09. The number of aryl methyl sites for hydroxylation is 1. The van der Waals surface area contributed by atoms with E-state index in [1.54, 1.807) is 6.92 Å². The zero-order valence-corrected chi connectivity index (χ0v) is 15.4. The first-order valence-corrected chi connectivity index (χ1v) is 8.71. The van der Waals surface area contributed by atoms with Gasteiger partial charge in [0.2, 0.25) is 0 Å². The van der Waals surface area contributed by atoms with E-state index in [0.29, 0.717) is 17.0 Å². The molecule has 0 radical (unpaired) electrons. The van der Waals surface area contributed by atoms with E-state index >= 15 is 0 Å². The van der Waals surface area contributed by atoms with Gasteiger partial charge in [0.05, 0.1) is 17.8 Å². The van der Waals surface area contributed by atoms with E-state index in [9.17, 15) is 31.5 Å². The smallest absolute Gasteiger partial charge is 0.368 e. The van der Waals surface area contributed by atoms with Crippen LogP contribution in [0.3, 0.4) is 0 Å². The third kappa shape index (κ3) is 5.53. The van der Waals surface area contributed by atoms with Crippen LogP contribution in [-0.2, 0) is 16.0 Å². The van der Waals surface area contributed by atoms with Crippen LogP contribution in [0.15, 0.2) is 0 Å². The number of aromatic amines is 1. The van der Waals surface area contributed by atoms with Gasteiger partial charge in [-0.1, -0.05) is 18.5 Å². The molecule has 2 atom stereocenters. The Morgan fingerprint density at radius 3 is 2.64 bits per heavy atom. The number of nitrogens with zero attached hydrogens (tertiary/aromatic N) is 2. The predicted octanol–water partition coefficient (Wildman–Crippen LogP) is 2.17. The van der Waals surface area contributed by atoms with E-state index in [1.165, 1.54) is 0 Å². The van der Waals surface area contributed by atoms with Crippen molar-refractivity contribution in [3.8, 4) is 0 Å². The van der Waals surface area contributed by atoms with Gasteiger partial charge >= 0.3 is 12.1 Å². The second-order valence-corrected chi connectivity index (χ2v) is 6.45. The molecule has 2 heterocycles. The van der Waals surface area contributed by atoms with Crippen LogP contribution in [-0.4, -0.2) is 71.1 Å². The molecule has 1 fully saturated rings. The maximum absolute atomic E-state index is 12.6. The maximum Gasteiger partial charge on any atom is 0.471 e. The topological polar surface area (TPSA) is 87.3 Å². The van der Waals surface area contributed by atoms with Gasteiger partial charge in [-0.2, -0.15) is 13.2 Å². The molecule has 1 aromatic heterocycles. The highest BCUT2D eigenvalue weighted by molar-refractivity contribution is 6.30. The number of rotatable bonds is 6. The van der Waals surface area contributed by atoms with Crippen molar-refractivity contribution in [1.82, 2.24) is 20.2 Å². The number of carbonyl (C=O) groups excluding carboxylic acids is 2. The van der Waals surface area contributed by atoms with E-state index in [-0.39, 0.29) is 23.9 Å². The molecule has 1 aromatic rings. The molecule has 2 rings (SSSR count). The first kappa shape index (κ1) is 22.3. The summed E-state index contributed by atoms with van der Waals surface area (Å²) >= 11 is 5.86. The number of ether oxygens (including phenoxy) is 1. The molecule has 2 amide bonds. The molecule has 0 saturated carbocycles. The van der Waals surface area contributed by atoms with Crippen LogP contribution in [0.2, 0.25) is 5.15 Å². The molecular formula is C15H18ClF5N4O3. The number of carbonyl (C=O) groups is 2. The van der Waals surface area contributed by atoms with Crippen molar-refractivity contribution in [2.75, 3.05) is 19.7 Å². The first-order valence-electron chi connectivity index (χ1n) is 8.34. The van der Waals surface area contributed by atoms with Crippen LogP contribution in [0.1, 0.15) is 29.7 Å². The van der Waals surface area contributed by atoms with Crippen molar-refractivity contribution in [2.24, 2.45) is 0 Å². The Labute approximate surface area is 161 Å². The number of halogens is 6. The fourth-order valence-corrected chi connectivity index (χ4v) is 3.04. The summed E-state index contributed by atoms with van der Waals surface area (Å²) in [4.78, 5) is 30.8. The van der Waals surface area contributed by atoms with Gasteiger partial charge in [-0.05, 0) is 12.8 Å². The quantitative estimate of drug-likeness (QED) is 0.674. The number of imidazole rings is 1. The lowest BCUT2D eigenvalue weighted by Gasteiger charge is -2.38. The lowest BCUT2D eigenvalue weighted by atomic mass is 10.0. The molecule has 158 valence electrons. The number of nitrogens with one attached hydrogen (secondary N) is 2. The van der Waals surface area contributed by atoms with Gasteiger partial charge in [0.15, 0.2) is 11.0 Å². The summed E-state index contributed by atoms with van der Waals surface area (Å²) in [5, 5.41) is 2.59. The van der Waals surface area contributed by atoms with Crippen molar-refractivity contribution in [3.63, 3.8) is 0 Å². The molecule has 0 aromatic carbocycles. The minimum atomic E-state index is -5.09. The third-order valence-corrected chi connectivity index (χ3v) is 4.45. The molecule has 28 heavy (non-hydrogen) atoms. The number of piperidine rings is 1. The van der Waals surface area contributed by atoms with Crippen molar-refractivity contribution >= 4 is 23.4 Å². The zero-order valence-electron chi connectivity index (χ0n) is 14.7. The normalized spacial score (nSPS) is 20.5. The molecular weight excluding hydrogens is 415 g/mol. The lowest BCUT2D eigenvalue weighted by molar-refractivity contribution is -0.189. The molecule has 1 saturated heterocycles. The Bertz CT molecular complexity index is 712. The Morgan fingerprint density at radius 2 is 2.11 bits per heavy atom. The summed E-state index contributed by atoms with van der Waals surface area (Å²) in [5.41, 5.74) is 0.517. The van der Waals surface area contributed by atoms with Crippen LogP contribution in [0.5, 0.6) is 0 Å². The SMILES string of the molecule is CCc1[nH]c(C(=O)N[C@@H]2CCN(C(=O)C(F)(F)F)C[C@@H]2OCC(F)F)nc1Cl. The lowest BCUT2D eigenvalue weighted by Crippen LogP contribution is -2.58. The number of amides is 2. The van der Waals surface area contributed by atoms with Gasteiger partial charge in [0.25, 0.3) is 12.3 Å². The van der Waals surface area contributed by atoms with Gasteiger partial charge in [0, 0.05) is 13.1 Å². The largest absolute Gasteiger partial charge is 0.471 e. The zero-order chi connectivity index (χ0) is 21.1. The van der Waals surface area contributed by atoms with Crippen LogP contribution in [0, 0.1) is 0 Å². The van der Waals surface area contributed by atoms with Crippen LogP contribution >= 0.6 is 11.6 Å². The predicted molar refractivity (Wildman–Crippen MR) is 87.2 cm³/mol. The van der Waals surface area contributed by atoms with Crippen molar-refractivity contribution < 1.29 is 36.3 Å². The Morgan fingerprint density at radius 1 is 1.43 bits per heavy atom. The number of aromatic nitrogens is 2. The number of hydrogen-bond donors (Lipinski definition) is 2. The third-order valence-electron chi connectivity index (χ3n) is 4.14. The summed E-state index contributed by atoms with van der Waals surface area (Å²) in [6.07, 6.45) is -8.83. The fraction of sp³-hybridized carbons (Fsp3) is 0.667. The molecule has 7 nitrogen and oxygen atoms in total. The Balaban J connectivity index is 2.10. The van der Waals surface area contributed by atoms with Gasteiger partial charge in [-0.3, -0.25) is 9.59 Å². The number of likely N-dealkylation sites (tertiary alicyclic amines) is 1. The molecule has 0 aliphatic carbocycles. The van der Waals surface area contributed by atoms with Gasteiger partial charge in [-0.25, -0.2) is 13.8 Å². The van der Waals surface area contributed by atoms with Crippen molar-refractivity contribution in [1.29, 1.82) is 0 Å². The first-order chi connectivity index (χ1) is 13.0. The number of hydrogen-bond acceptors (Lipinski definition) is 4. The standard InChI is InChI=1S/C15H18ClF5N4O3/c1-2-7-11(16)24-12(22-7)13(26)23-8-3-4-25(14(27)15(19,20)21)5-9(8)28-6-10(17)18/h8-10H,2-6H2,1H3,(H,22,24)(H,23,26)/t8-,9+/m1/s1. The van der Waals surface area contributed by atoms with E-state index < -0.39 is 49.7 Å². The maximum atomic E-state index is 12.6. The van der Waals surface area contributed by atoms with Crippen molar-refractivity contribution in [2.45, 2.75) is 44.5 Å². The average Bonchev–Trinajstić information content (AvgIpc) is 3.00. The highest BCUT2D eigenvalue weighted by Gasteiger charge is 2.45. The molecule has 1 aliphatic heterocycles. The molecule has 13 heteroatoms. The van der Waals surface area contributed by atoms with Crippen LogP contribution in [0.4, 0.5) is 22.0 Å². The van der Waals surface area contributed by atoms with Gasteiger partial charge in [0.1, 0.15) is 6.61 Å². The van der Waals surface area contributed by atoms with E-state index in [1.807, 2.05) is 0 Å². The summed E-state index contributed by atoms with van der Waals surface area (Å²) in [6.45, 7) is -0.174. The number of H-pyrrole nitrogens is 1. The fourth-order valence-electron chi connectivity index (χ4n) is 2.78. The molecule has 0 bridgehead atoms. The average molecular weight is 433 g/mol. The van der Waals surface area contributed by atoms with Crippen molar-refractivity contribution in [3.05, 3.63) is 16.7 Å². The summed E-state index contributed by atoms with van der Waals surface area (Å²) in [5.74, 6) is -2.93. The minimum absolute atomic E-state index is 0.101. The van der Waals surface area contributed by atoms with Gasteiger partial charge < -0.3 is 19.9 Å². The Kier molecular flexibility index (Phi) is 7.21. The van der Waals surface area contributed by atoms with Crippen LogP contribution < -0.4 is 5.32 Å². The number of alkyl halides is 5. The monoisotopic (exact) mass is 432 g/mol. The Hall–Kier alpha value is -1.95. The summed E-state index contributed by atoms with van der Waals surface area (Å²) < 4.78 is 67.8. The summed E-state index contributed by atoms with van der Waals surface area (Å²) in [7, 11) is 0. The highest BCUT2D eigenvalue weighted by Crippen LogP contribution is 2.23. The summed E-state index contributed by atoms with van der Waals surface area (Å²) in [6, 6.07) is -0.891. The van der Waals surface area contributed by atoms with Gasteiger partial charge in [-0.15, -0.1) is 0 Å². The molecule has 0 spiro atoms.